The predicted molar refractivity (Wildman–Crippen MR) is 74.0 cm³/mol. The molecule has 0 bridgehead atoms. The number of hydrogen-bond acceptors (Lipinski definition) is 4. The first-order valence-electron chi connectivity index (χ1n) is 6.65. The highest BCUT2D eigenvalue weighted by atomic mass is 16.4. The van der Waals surface area contributed by atoms with Crippen LogP contribution >= 0.6 is 0 Å². The van der Waals surface area contributed by atoms with E-state index in [2.05, 4.69) is 9.88 Å². The number of fused-ring (bicyclic) bond motifs is 1. The van der Waals surface area contributed by atoms with Crippen molar-refractivity contribution in [1.82, 2.24) is 14.3 Å². The molecule has 0 radical (unpaired) electrons. The van der Waals surface area contributed by atoms with E-state index in [-0.39, 0.29) is 17.3 Å². The van der Waals surface area contributed by atoms with Crippen LogP contribution in [0, 0.1) is 0 Å². The van der Waals surface area contributed by atoms with Crippen molar-refractivity contribution >= 4 is 17.5 Å². The Bertz CT molecular complexity index is 737. The van der Waals surface area contributed by atoms with Crippen molar-refractivity contribution in [2.75, 3.05) is 20.1 Å². The van der Waals surface area contributed by atoms with Crippen molar-refractivity contribution in [3.63, 3.8) is 0 Å². The first-order chi connectivity index (χ1) is 9.99. The number of likely N-dealkylation sites (N-methyl/N-ethyl adjacent to an activating group) is 1. The molecule has 1 fully saturated rings. The number of aromatic carboxylic acids is 2. The summed E-state index contributed by atoms with van der Waals surface area (Å²) < 4.78 is 1.47. The van der Waals surface area contributed by atoms with Gasteiger partial charge < -0.3 is 15.1 Å². The van der Waals surface area contributed by atoms with Crippen LogP contribution in [-0.4, -0.2) is 56.6 Å². The fraction of sp³-hybridized carbons (Fsp3) is 0.357. The maximum atomic E-state index is 11.4. The van der Waals surface area contributed by atoms with E-state index >= 15 is 0 Å². The van der Waals surface area contributed by atoms with Crippen molar-refractivity contribution in [2.24, 2.45) is 0 Å². The lowest BCUT2D eigenvalue weighted by atomic mass is 10.1. The monoisotopic (exact) mass is 289 g/mol. The molecular formula is C14H15N3O4. The highest BCUT2D eigenvalue weighted by Gasteiger charge is 2.29. The van der Waals surface area contributed by atoms with E-state index < -0.39 is 11.9 Å². The van der Waals surface area contributed by atoms with Gasteiger partial charge in [-0.3, -0.25) is 4.40 Å². The Morgan fingerprint density at radius 1 is 1.29 bits per heavy atom. The largest absolute Gasteiger partial charge is 0.477 e. The zero-order valence-electron chi connectivity index (χ0n) is 11.5. The van der Waals surface area contributed by atoms with E-state index in [1.165, 1.54) is 16.5 Å². The summed E-state index contributed by atoms with van der Waals surface area (Å²) in [4.78, 5) is 29.1. The molecule has 0 spiro atoms. The summed E-state index contributed by atoms with van der Waals surface area (Å²) in [5.74, 6) is -1.68. The molecule has 1 aliphatic heterocycles. The van der Waals surface area contributed by atoms with Crippen LogP contribution in [0.3, 0.4) is 0 Å². The number of likely N-dealkylation sites (tertiary alicyclic amines) is 1. The van der Waals surface area contributed by atoms with Gasteiger partial charge in [-0.05, 0) is 32.1 Å². The van der Waals surface area contributed by atoms with Gasteiger partial charge in [0.1, 0.15) is 11.5 Å². The molecule has 1 unspecified atom stereocenters. The summed E-state index contributed by atoms with van der Waals surface area (Å²) in [5, 5.41) is 18.6. The average molecular weight is 289 g/mol. The van der Waals surface area contributed by atoms with Crippen molar-refractivity contribution in [3.05, 3.63) is 35.4 Å². The Morgan fingerprint density at radius 3 is 2.62 bits per heavy atom. The first kappa shape index (κ1) is 13.6. The lowest BCUT2D eigenvalue weighted by molar-refractivity contribution is 0.0678. The Hall–Kier alpha value is -2.41. The Balaban J connectivity index is 2.27. The highest BCUT2D eigenvalue weighted by Crippen LogP contribution is 2.28. The van der Waals surface area contributed by atoms with Gasteiger partial charge in [-0.25, -0.2) is 14.6 Å². The van der Waals surface area contributed by atoms with Crippen LogP contribution in [0.2, 0.25) is 0 Å². The summed E-state index contributed by atoms with van der Waals surface area (Å²) in [5.41, 5.74) is 0.270. The minimum atomic E-state index is -1.15. The number of aromatic nitrogens is 2. The van der Waals surface area contributed by atoms with Gasteiger partial charge in [-0.2, -0.15) is 0 Å². The zero-order chi connectivity index (χ0) is 15.1. The fourth-order valence-corrected chi connectivity index (χ4v) is 2.91. The minimum Gasteiger partial charge on any atom is -0.477 e. The van der Waals surface area contributed by atoms with Crippen LogP contribution in [0.25, 0.3) is 5.52 Å². The fourth-order valence-electron chi connectivity index (χ4n) is 2.91. The zero-order valence-corrected chi connectivity index (χ0v) is 11.5. The SMILES string of the molecule is CN1CCC(c2nc(C(=O)O)c3cccc(C(=O)O)n23)C1. The molecule has 2 aromatic heterocycles. The molecule has 1 saturated heterocycles. The van der Waals surface area contributed by atoms with Gasteiger partial charge in [0.15, 0.2) is 5.69 Å². The standard InChI is InChI=1S/C14H15N3O4/c1-16-6-5-8(7-16)12-15-11(14(20)21)9-3-2-4-10(13(18)19)17(9)12/h2-4,8H,5-7H2,1H3,(H,18,19)(H,20,21). The Labute approximate surface area is 120 Å². The maximum absolute atomic E-state index is 11.4. The molecule has 3 heterocycles. The van der Waals surface area contributed by atoms with Crippen molar-refractivity contribution in [2.45, 2.75) is 12.3 Å². The number of hydrogen-bond donors (Lipinski definition) is 2. The van der Waals surface area contributed by atoms with Crippen LogP contribution < -0.4 is 0 Å². The van der Waals surface area contributed by atoms with Crippen molar-refractivity contribution < 1.29 is 19.8 Å². The maximum Gasteiger partial charge on any atom is 0.356 e. The molecule has 3 rings (SSSR count). The van der Waals surface area contributed by atoms with Crippen molar-refractivity contribution in [1.29, 1.82) is 0 Å². The molecule has 7 heteroatoms. The van der Waals surface area contributed by atoms with Gasteiger partial charge in [-0.1, -0.05) is 6.07 Å². The molecule has 110 valence electrons. The van der Waals surface area contributed by atoms with E-state index in [4.69, 9.17) is 0 Å². The van der Waals surface area contributed by atoms with Crippen LogP contribution in [0.4, 0.5) is 0 Å². The highest BCUT2D eigenvalue weighted by molar-refractivity contribution is 5.95. The molecule has 0 aliphatic carbocycles. The molecule has 0 saturated carbocycles. The van der Waals surface area contributed by atoms with Gasteiger partial charge >= 0.3 is 11.9 Å². The minimum absolute atomic E-state index is 0.0381. The number of pyridine rings is 1. The quantitative estimate of drug-likeness (QED) is 0.880. The number of carboxylic acids is 2. The molecule has 7 nitrogen and oxygen atoms in total. The molecular weight excluding hydrogens is 274 g/mol. The second kappa shape index (κ2) is 4.85. The molecule has 1 atom stereocenters. The van der Waals surface area contributed by atoms with Gasteiger partial charge in [0.25, 0.3) is 0 Å². The summed E-state index contributed by atoms with van der Waals surface area (Å²) in [7, 11) is 1.98. The van der Waals surface area contributed by atoms with E-state index in [1.54, 1.807) is 6.07 Å². The lowest BCUT2D eigenvalue weighted by Gasteiger charge is -2.11. The molecule has 2 aromatic rings. The smallest absolute Gasteiger partial charge is 0.356 e. The number of imidazole rings is 1. The normalized spacial score (nSPS) is 19.2. The topological polar surface area (TPSA) is 95.1 Å². The molecule has 1 aliphatic rings. The average Bonchev–Trinajstić information content (AvgIpc) is 3.01. The van der Waals surface area contributed by atoms with Gasteiger partial charge in [0.2, 0.25) is 0 Å². The van der Waals surface area contributed by atoms with Crippen LogP contribution in [0.15, 0.2) is 18.2 Å². The number of carbonyl (C=O) groups is 2. The molecule has 2 N–H and O–H groups in total. The van der Waals surface area contributed by atoms with E-state index in [0.29, 0.717) is 11.3 Å². The van der Waals surface area contributed by atoms with E-state index in [0.717, 1.165) is 19.5 Å². The van der Waals surface area contributed by atoms with Crippen LogP contribution in [0.1, 0.15) is 39.1 Å². The summed E-state index contributed by atoms with van der Waals surface area (Å²) in [6, 6.07) is 4.59. The summed E-state index contributed by atoms with van der Waals surface area (Å²) >= 11 is 0. The Kier molecular flexibility index (Phi) is 3.13. The number of rotatable bonds is 3. The lowest BCUT2D eigenvalue weighted by Crippen LogP contribution is -2.15. The third-order valence-electron chi connectivity index (χ3n) is 3.87. The van der Waals surface area contributed by atoms with Crippen LogP contribution in [0.5, 0.6) is 0 Å². The molecule has 0 amide bonds. The molecule has 21 heavy (non-hydrogen) atoms. The Morgan fingerprint density at radius 2 is 2.05 bits per heavy atom. The third-order valence-corrected chi connectivity index (χ3v) is 3.87. The van der Waals surface area contributed by atoms with E-state index in [1.807, 2.05) is 7.05 Å². The predicted octanol–water partition coefficient (Wildman–Crippen LogP) is 1.15. The molecule has 0 aromatic carbocycles. The first-order valence-corrected chi connectivity index (χ1v) is 6.65. The van der Waals surface area contributed by atoms with Gasteiger partial charge in [0, 0.05) is 12.5 Å². The number of carboxylic acid groups (broad SMARTS) is 2. The summed E-state index contributed by atoms with van der Waals surface area (Å²) in [6.45, 7) is 1.63. The van der Waals surface area contributed by atoms with Gasteiger partial charge in [0.05, 0.1) is 5.52 Å². The van der Waals surface area contributed by atoms with Crippen molar-refractivity contribution in [3.8, 4) is 0 Å². The second-order valence-electron chi connectivity index (χ2n) is 5.31. The van der Waals surface area contributed by atoms with Gasteiger partial charge in [-0.15, -0.1) is 0 Å². The summed E-state index contributed by atoms with van der Waals surface area (Å²) in [6.07, 6.45) is 0.836. The van der Waals surface area contributed by atoms with Crippen LogP contribution in [-0.2, 0) is 0 Å². The third kappa shape index (κ3) is 2.15. The second-order valence-corrected chi connectivity index (χ2v) is 5.31. The number of nitrogens with zero attached hydrogens (tertiary/aromatic N) is 3. The van der Waals surface area contributed by atoms with E-state index in [9.17, 15) is 19.8 Å².